The molecule has 0 aromatic carbocycles. The predicted octanol–water partition coefficient (Wildman–Crippen LogP) is 3.03. The Kier molecular flexibility index (Phi) is 6.51. The molecule has 1 saturated heterocycles. The molecule has 1 saturated carbocycles. The molecule has 182 valence electrons. The van der Waals surface area contributed by atoms with Crippen LogP contribution >= 0.6 is 0 Å². The summed E-state index contributed by atoms with van der Waals surface area (Å²) in [6.45, 7) is 3.70. The van der Waals surface area contributed by atoms with Crippen molar-refractivity contribution in [1.29, 1.82) is 5.26 Å². The molecule has 0 spiro atoms. The van der Waals surface area contributed by atoms with Crippen molar-refractivity contribution in [1.82, 2.24) is 29.3 Å². The van der Waals surface area contributed by atoms with E-state index in [0.29, 0.717) is 23.7 Å². The van der Waals surface area contributed by atoms with Gasteiger partial charge in [0, 0.05) is 58.7 Å². The first-order valence-corrected chi connectivity index (χ1v) is 12.2. The van der Waals surface area contributed by atoms with Crippen LogP contribution in [0.5, 0.6) is 0 Å². The summed E-state index contributed by atoms with van der Waals surface area (Å²) in [4.78, 5) is 33.2. The number of rotatable bonds is 6. The summed E-state index contributed by atoms with van der Waals surface area (Å²) in [5, 5.41) is 13.4. The van der Waals surface area contributed by atoms with E-state index in [1.807, 2.05) is 6.07 Å². The van der Waals surface area contributed by atoms with E-state index in [9.17, 15) is 4.79 Å². The summed E-state index contributed by atoms with van der Waals surface area (Å²) in [6.07, 6.45) is 9.45. The number of nitrogens with one attached hydrogen (secondary N) is 1. The van der Waals surface area contributed by atoms with E-state index in [1.165, 1.54) is 0 Å². The number of nitriles is 1. The molecular weight excluding hydrogens is 442 g/mol. The molecule has 1 amide bonds. The normalized spacial score (nSPS) is 17.0. The summed E-state index contributed by atoms with van der Waals surface area (Å²) in [5.41, 5.74) is 3.07. The molecule has 1 aliphatic heterocycles. The molecule has 5 rings (SSSR count). The van der Waals surface area contributed by atoms with Crippen LogP contribution in [0.25, 0.3) is 11.0 Å². The van der Waals surface area contributed by atoms with Crippen LogP contribution in [0.3, 0.4) is 0 Å². The van der Waals surface area contributed by atoms with Gasteiger partial charge in [0.15, 0.2) is 5.82 Å². The van der Waals surface area contributed by atoms with Crippen LogP contribution in [0.15, 0.2) is 30.9 Å². The predicted molar refractivity (Wildman–Crippen MR) is 135 cm³/mol. The number of hydrogen-bond acceptors (Lipinski definition) is 8. The minimum atomic E-state index is -0.0694. The summed E-state index contributed by atoms with van der Waals surface area (Å²) >= 11 is 0. The largest absolute Gasteiger partial charge is 0.366 e. The molecule has 1 N–H and O–H groups in total. The van der Waals surface area contributed by atoms with Crippen molar-refractivity contribution < 1.29 is 4.79 Å². The first kappa shape index (κ1) is 23.1. The van der Waals surface area contributed by atoms with E-state index in [-0.39, 0.29) is 11.9 Å². The van der Waals surface area contributed by atoms with E-state index < -0.39 is 0 Å². The number of amides is 1. The monoisotopic (exact) mass is 473 g/mol. The van der Waals surface area contributed by atoms with Gasteiger partial charge in [-0.1, -0.05) is 12.8 Å². The summed E-state index contributed by atoms with van der Waals surface area (Å²) in [7, 11) is 3.56. The lowest BCUT2D eigenvalue weighted by Crippen LogP contribution is -2.46. The lowest BCUT2D eigenvalue weighted by atomic mass is 10.2. The Morgan fingerprint density at radius 1 is 1.20 bits per heavy atom. The molecule has 4 heterocycles. The zero-order valence-electron chi connectivity index (χ0n) is 20.3. The molecule has 35 heavy (non-hydrogen) atoms. The molecule has 1 aliphatic carbocycles. The number of carbonyl (C=O) groups excluding carboxylic acids is 1. The average Bonchev–Trinajstić information content (AvgIpc) is 3.51. The van der Waals surface area contributed by atoms with Crippen molar-refractivity contribution in [2.24, 2.45) is 0 Å². The molecule has 0 atom stereocenters. The van der Waals surface area contributed by atoms with E-state index in [1.54, 1.807) is 37.7 Å². The fourth-order valence-corrected chi connectivity index (χ4v) is 5.23. The first-order valence-electron chi connectivity index (χ1n) is 12.2. The number of piperazine rings is 1. The Labute approximate surface area is 205 Å². The molecule has 3 aromatic heterocycles. The van der Waals surface area contributed by atoms with Gasteiger partial charge in [0.05, 0.1) is 29.4 Å². The molecule has 2 fully saturated rings. The highest BCUT2D eigenvalue weighted by Crippen LogP contribution is 2.40. The van der Waals surface area contributed by atoms with Crippen molar-refractivity contribution in [3.8, 4) is 6.07 Å². The number of aromatic nitrogens is 4. The van der Waals surface area contributed by atoms with Crippen molar-refractivity contribution in [2.75, 3.05) is 57.0 Å². The fraction of sp³-hybridized carbons (Fsp3) is 0.480. The Balaban J connectivity index is 1.57. The number of anilines is 3. The van der Waals surface area contributed by atoms with Gasteiger partial charge in [0.2, 0.25) is 0 Å². The van der Waals surface area contributed by atoms with Crippen LogP contribution in [-0.2, 0) is 0 Å². The smallest absolute Gasteiger partial charge is 0.272 e. The molecule has 2 aliphatic rings. The highest BCUT2D eigenvalue weighted by molar-refractivity contribution is 6.09. The van der Waals surface area contributed by atoms with Crippen molar-refractivity contribution in [3.05, 3.63) is 36.5 Å². The average molecular weight is 474 g/mol. The molecular formula is C25H31N9O. The third-order valence-electron chi connectivity index (χ3n) is 7.00. The number of fused-ring (bicyclic) bond motifs is 1. The van der Waals surface area contributed by atoms with Gasteiger partial charge in [-0.15, -0.1) is 0 Å². The van der Waals surface area contributed by atoms with E-state index in [2.05, 4.69) is 46.8 Å². The molecule has 0 radical (unpaired) electrons. The Morgan fingerprint density at radius 3 is 2.69 bits per heavy atom. The standard InChI is InChI=1S/C25H31N9O/c1-31(2)25(35)22-21(19-16-27-17-29-24(19)34(22)18-6-3-4-7-18)30-23-20(8-5-10-28-23)33-14-12-32(11-9-26)13-15-33/h5,8,10,16-18H,3-4,6-7,11-15H2,1-2H3,(H,28,30). The zero-order valence-corrected chi connectivity index (χ0v) is 20.3. The minimum absolute atomic E-state index is 0.0694. The van der Waals surface area contributed by atoms with Crippen LogP contribution in [0.4, 0.5) is 17.2 Å². The molecule has 10 heteroatoms. The highest BCUT2D eigenvalue weighted by atomic mass is 16.2. The summed E-state index contributed by atoms with van der Waals surface area (Å²) in [5.74, 6) is 0.628. The summed E-state index contributed by atoms with van der Waals surface area (Å²) in [6, 6.07) is 6.45. The topological polar surface area (TPSA) is 106 Å². The Bertz CT molecular complexity index is 1250. The second kappa shape index (κ2) is 9.88. The van der Waals surface area contributed by atoms with Gasteiger partial charge in [-0.05, 0) is 25.0 Å². The lowest BCUT2D eigenvalue weighted by molar-refractivity contribution is 0.0816. The van der Waals surface area contributed by atoms with Crippen LogP contribution in [0, 0.1) is 11.3 Å². The van der Waals surface area contributed by atoms with Gasteiger partial charge < -0.3 is 19.7 Å². The van der Waals surface area contributed by atoms with Gasteiger partial charge in [0.25, 0.3) is 5.91 Å². The number of pyridine rings is 1. The number of hydrogen-bond donors (Lipinski definition) is 1. The third-order valence-corrected chi connectivity index (χ3v) is 7.00. The molecule has 0 unspecified atom stereocenters. The summed E-state index contributed by atoms with van der Waals surface area (Å²) < 4.78 is 2.12. The fourth-order valence-electron chi connectivity index (χ4n) is 5.23. The highest BCUT2D eigenvalue weighted by Gasteiger charge is 2.31. The number of carbonyl (C=O) groups is 1. The van der Waals surface area contributed by atoms with Crippen molar-refractivity contribution in [2.45, 2.75) is 31.7 Å². The first-order chi connectivity index (χ1) is 17.1. The van der Waals surface area contributed by atoms with Gasteiger partial charge >= 0.3 is 0 Å². The molecule has 0 bridgehead atoms. The van der Waals surface area contributed by atoms with E-state index in [4.69, 9.17) is 5.26 Å². The van der Waals surface area contributed by atoms with Gasteiger partial charge in [-0.25, -0.2) is 15.0 Å². The maximum Gasteiger partial charge on any atom is 0.272 e. The van der Waals surface area contributed by atoms with Gasteiger partial charge in [-0.3, -0.25) is 9.69 Å². The SMILES string of the molecule is CN(C)C(=O)c1c(Nc2ncccc2N2CCN(CC#N)CC2)c2cncnc2n1C1CCCC1. The second-order valence-electron chi connectivity index (χ2n) is 9.41. The Hall–Kier alpha value is -3.71. The van der Waals surface area contributed by atoms with Crippen LogP contribution in [0.2, 0.25) is 0 Å². The van der Waals surface area contributed by atoms with Crippen molar-refractivity contribution >= 4 is 34.1 Å². The zero-order chi connectivity index (χ0) is 24.4. The van der Waals surface area contributed by atoms with Crippen LogP contribution < -0.4 is 10.2 Å². The molecule has 10 nitrogen and oxygen atoms in total. The minimum Gasteiger partial charge on any atom is -0.366 e. The van der Waals surface area contributed by atoms with Crippen LogP contribution in [0.1, 0.15) is 42.2 Å². The van der Waals surface area contributed by atoms with Crippen LogP contribution in [-0.4, -0.2) is 82.0 Å². The second-order valence-corrected chi connectivity index (χ2v) is 9.41. The van der Waals surface area contributed by atoms with Gasteiger partial charge in [0.1, 0.15) is 17.7 Å². The molecule has 3 aromatic rings. The third kappa shape index (κ3) is 4.39. The Morgan fingerprint density at radius 2 is 1.97 bits per heavy atom. The quantitative estimate of drug-likeness (QED) is 0.545. The van der Waals surface area contributed by atoms with E-state index in [0.717, 1.165) is 68.6 Å². The van der Waals surface area contributed by atoms with E-state index >= 15 is 0 Å². The maximum atomic E-state index is 13.5. The lowest BCUT2D eigenvalue weighted by Gasteiger charge is -2.35. The van der Waals surface area contributed by atoms with Crippen molar-refractivity contribution in [3.63, 3.8) is 0 Å². The maximum absolute atomic E-state index is 13.5. The van der Waals surface area contributed by atoms with Gasteiger partial charge in [-0.2, -0.15) is 5.26 Å². The number of nitrogens with zero attached hydrogens (tertiary/aromatic N) is 8.